The Morgan fingerprint density at radius 1 is 1.14 bits per heavy atom. The highest BCUT2D eigenvalue weighted by Crippen LogP contribution is 2.21. The summed E-state index contributed by atoms with van der Waals surface area (Å²) in [5.74, 6) is 1.31. The molecule has 148 valence electrons. The van der Waals surface area contributed by atoms with Crippen LogP contribution in [0.5, 0.6) is 0 Å². The van der Waals surface area contributed by atoms with Crippen molar-refractivity contribution in [2.75, 3.05) is 18.9 Å². The van der Waals surface area contributed by atoms with E-state index in [1.54, 1.807) is 10.6 Å². The lowest BCUT2D eigenvalue weighted by Gasteiger charge is -2.21. The number of aromatic nitrogens is 4. The number of rotatable bonds is 6. The first-order chi connectivity index (χ1) is 14.1. The van der Waals surface area contributed by atoms with Crippen molar-refractivity contribution in [3.8, 4) is 11.5 Å². The zero-order chi connectivity index (χ0) is 20.4. The van der Waals surface area contributed by atoms with E-state index in [9.17, 15) is 4.79 Å². The lowest BCUT2D eigenvalue weighted by Crippen LogP contribution is -2.30. The van der Waals surface area contributed by atoms with Crippen LogP contribution >= 0.6 is 0 Å². The van der Waals surface area contributed by atoms with E-state index in [0.29, 0.717) is 30.1 Å². The number of carbonyl (C=O) groups excluding carboxylic acids is 1. The summed E-state index contributed by atoms with van der Waals surface area (Å²) in [6, 6.07) is 17.6. The van der Waals surface area contributed by atoms with Gasteiger partial charge in [0, 0.05) is 38.9 Å². The predicted molar refractivity (Wildman–Crippen MR) is 114 cm³/mol. The fourth-order valence-corrected chi connectivity index (χ4v) is 3.40. The highest BCUT2D eigenvalue weighted by molar-refractivity contribution is 5.96. The Morgan fingerprint density at radius 3 is 2.59 bits per heavy atom. The SMILES string of the molecule is CCN(Cc1ccccc1)C(=O)c1cc(NC)n2nc(-c3cccn3C)nc2c1. The number of hydrogen-bond donors (Lipinski definition) is 1. The van der Waals surface area contributed by atoms with E-state index in [0.717, 1.165) is 17.1 Å². The van der Waals surface area contributed by atoms with Gasteiger partial charge in [-0.2, -0.15) is 4.52 Å². The second-order valence-corrected chi connectivity index (χ2v) is 6.89. The van der Waals surface area contributed by atoms with Crippen molar-refractivity contribution in [2.24, 2.45) is 7.05 Å². The van der Waals surface area contributed by atoms with Crippen LogP contribution in [-0.2, 0) is 13.6 Å². The second kappa shape index (κ2) is 7.79. The maximum absolute atomic E-state index is 13.2. The molecule has 4 aromatic rings. The summed E-state index contributed by atoms with van der Waals surface area (Å²) in [4.78, 5) is 19.7. The summed E-state index contributed by atoms with van der Waals surface area (Å²) in [6.07, 6.45) is 1.96. The smallest absolute Gasteiger partial charge is 0.254 e. The summed E-state index contributed by atoms with van der Waals surface area (Å²) in [6.45, 7) is 3.18. The molecular formula is C22H24N6O. The average molecular weight is 388 g/mol. The first kappa shape index (κ1) is 18.7. The number of carbonyl (C=O) groups is 1. The van der Waals surface area contributed by atoms with Crippen LogP contribution in [0.25, 0.3) is 17.2 Å². The van der Waals surface area contributed by atoms with Crippen molar-refractivity contribution in [1.82, 2.24) is 24.1 Å². The zero-order valence-corrected chi connectivity index (χ0v) is 16.8. The molecule has 0 aliphatic heterocycles. The van der Waals surface area contributed by atoms with Crippen molar-refractivity contribution in [3.05, 3.63) is 71.9 Å². The molecule has 7 nitrogen and oxygen atoms in total. The number of pyridine rings is 1. The van der Waals surface area contributed by atoms with Gasteiger partial charge < -0.3 is 14.8 Å². The van der Waals surface area contributed by atoms with Crippen LogP contribution in [0.15, 0.2) is 60.8 Å². The van der Waals surface area contributed by atoms with Crippen LogP contribution in [0.4, 0.5) is 5.82 Å². The molecule has 0 atom stereocenters. The van der Waals surface area contributed by atoms with E-state index in [2.05, 4.69) is 15.4 Å². The molecule has 0 aliphatic carbocycles. The average Bonchev–Trinajstić information content (AvgIpc) is 3.37. The third-order valence-electron chi connectivity index (χ3n) is 5.00. The molecule has 4 rings (SSSR count). The lowest BCUT2D eigenvalue weighted by atomic mass is 10.1. The lowest BCUT2D eigenvalue weighted by molar-refractivity contribution is 0.0752. The normalized spacial score (nSPS) is 11.0. The van der Waals surface area contributed by atoms with Gasteiger partial charge in [0.15, 0.2) is 11.5 Å². The Morgan fingerprint density at radius 2 is 1.93 bits per heavy atom. The molecule has 0 aliphatic rings. The Labute approximate surface area is 169 Å². The zero-order valence-electron chi connectivity index (χ0n) is 16.8. The first-order valence-corrected chi connectivity index (χ1v) is 9.64. The van der Waals surface area contributed by atoms with E-state index < -0.39 is 0 Å². The predicted octanol–water partition coefficient (Wildman–Crippen LogP) is 3.44. The summed E-state index contributed by atoms with van der Waals surface area (Å²) >= 11 is 0. The van der Waals surface area contributed by atoms with E-state index in [1.165, 1.54) is 0 Å². The van der Waals surface area contributed by atoms with Gasteiger partial charge in [-0.25, -0.2) is 4.98 Å². The Kier molecular flexibility index (Phi) is 5.03. The highest BCUT2D eigenvalue weighted by atomic mass is 16.2. The molecule has 0 radical (unpaired) electrons. The van der Waals surface area contributed by atoms with Crippen LogP contribution in [-0.4, -0.2) is 43.6 Å². The fourth-order valence-electron chi connectivity index (χ4n) is 3.40. The molecule has 1 amide bonds. The van der Waals surface area contributed by atoms with Gasteiger partial charge in [0.05, 0.1) is 5.69 Å². The summed E-state index contributed by atoms with van der Waals surface area (Å²) in [5.41, 5.74) is 3.24. The van der Waals surface area contributed by atoms with Gasteiger partial charge in [-0.15, -0.1) is 5.10 Å². The molecule has 0 fully saturated rings. The number of hydrogen-bond acceptors (Lipinski definition) is 4. The van der Waals surface area contributed by atoms with Gasteiger partial charge in [0.25, 0.3) is 5.91 Å². The first-order valence-electron chi connectivity index (χ1n) is 9.64. The molecule has 0 unspecified atom stereocenters. The summed E-state index contributed by atoms with van der Waals surface area (Å²) in [5, 5.41) is 7.75. The molecule has 3 aromatic heterocycles. The quantitative estimate of drug-likeness (QED) is 0.549. The van der Waals surface area contributed by atoms with E-state index >= 15 is 0 Å². The second-order valence-electron chi connectivity index (χ2n) is 6.89. The van der Waals surface area contributed by atoms with Crippen LogP contribution in [0.3, 0.4) is 0 Å². The van der Waals surface area contributed by atoms with E-state index in [4.69, 9.17) is 0 Å². The van der Waals surface area contributed by atoms with Crippen molar-refractivity contribution in [1.29, 1.82) is 0 Å². The molecule has 0 spiro atoms. The molecule has 0 bridgehead atoms. The van der Waals surface area contributed by atoms with Gasteiger partial charge in [0.2, 0.25) is 0 Å². The molecule has 0 saturated carbocycles. The number of nitrogens with one attached hydrogen (secondary N) is 1. The Hall–Kier alpha value is -3.61. The maximum Gasteiger partial charge on any atom is 0.254 e. The van der Waals surface area contributed by atoms with Crippen LogP contribution in [0, 0.1) is 0 Å². The minimum absolute atomic E-state index is 0.0289. The molecular weight excluding hydrogens is 364 g/mol. The minimum atomic E-state index is -0.0289. The third kappa shape index (κ3) is 3.59. The maximum atomic E-state index is 13.2. The minimum Gasteiger partial charge on any atom is -0.373 e. The summed E-state index contributed by atoms with van der Waals surface area (Å²) < 4.78 is 3.70. The Balaban J connectivity index is 1.71. The number of aryl methyl sites for hydroxylation is 1. The molecule has 29 heavy (non-hydrogen) atoms. The number of nitrogens with zero attached hydrogens (tertiary/aromatic N) is 5. The fraction of sp³-hybridized carbons (Fsp3) is 0.227. The van der Waals surface area contributed by atoms with Gasteiger partial charge >= 0.3 is 0 Å². The van der Waals surface area contributed by atoms with E-state index in [1.807, 2.05) is 85.2 Å². The standard InChI is InChI=1S/C22H24N6O/c1-4-27(15-16-9-6-5-7-10-16)22(29)17-13-19(23-2)28-20(14-17)24-21(25-28)18-11-8-12-26(18)3/h5-14,23H,4,15H2,1-3H3. The monoisotopic (exact) mass is 388 g/mol. The largest absolute Gasteiger partial charge is 0.373 e. The van der Waals surface area contributed by atoms with Crippen LogP contribution in [0.2, 0.25) is 0 Å². The topological polar surface area (TPSA) is 67.5 Å². The van der Waals surface area contributed by atoms with Gasteiger partial charge in [-0.1, -0.05) is 30.3 Å². The highest BCUT2D eigenvalue weighted by Gasteiger charge is 2.19. The van der Waals surface area contributed by atoms with Gasteiger partial charge in [0.1, 0.15) is 5.82 Å². The van der Waals surface area contributed by atoms with Crippen molar-refractivity contribution in [3.63, 3.8) is 0 Å². The molecule has 7 heteroatoms. The number of amides is 1. The van der Waals surface area contributed by atoms with E-state index in [-0.39, 0.29) is 5.91 Å². The molecule has 3 heterocycles. The van der Waals surface area contributed by atoms with Gasteiger partial charge in [-0.05, 0) is 36.8 Å². The summed E-state index contributed by atoms with van der Waals surface area (Å²) in [7, 11) is 3.77. The van der Waals surface area contributed by atoms with Crippen molar-refractivity contribution < 1.29 is 4.79 Å². The van der Waals surface area contributed by atoms with Gasteiger partial charge in [-0.3, -0.25) is 4.79 Å². The molecule has 1 N–H and O–H groups in total. The van der Waals surface area contributed by atoms with Crippen LogP contribution in [0.1, 0.15) is 22.8 Å². The Bertz CT molecular complexity index is 1140. The number of fused-ring (bicyclic) bond motifs is 1. The van der Waals surface area contributed by atoms with Crippen LogP contribution < -0.4 is 5.32 Å². The number of anilines is 1. The molecule has 1 aromatic carbocycles. The number of benzene rings is 1. The molecule has 0 saturated heterocycles. The van der Waals surface area contributed by atoms with Crippen molar-refractivity contribution >= 4 is 17.4 Å². The third-order valence-corrected chi connectivity index (χ3v) is 5.00. The van der Waals surface area contributed by atoms with Crippen molar-refractivity contribution in [2.45, 2.75) is 13.5 Å².